The van der Waals surface area contributed by atoms with Crippen molar-refractivity contribution < 1.29 is 4.74 Å². The smallest absolute Gasteiger partial charge is 0.220 e. The van der Waals surface area contributed by atoms with Gasteiger partial charge in [-0.15, -0.1) is 0 Å². The van der Waals surface area contributed by atoms with Crippen LogP contribution < -0.4 is 5.73 Å². The Labute approximate surface area is 112 Å². The molecule has 1 heterocycles. The number of hydrogen-bond donors (Lipinski definition) is 1. The molecule has 0 fully saturated rings. The molecule has 98 valence electrons. The van der Waals surface area contributed by atoms with Crippen molar-refractivity contribution in [3.63, 3.8) is 0 Å². The fraction of sp³-hybridized carbons (Fsp3) is 0.333. The van der Waals surface area contributed by atoms with Gasteiger partial charge in [-0.3, -0.25) is 0 Å². The molecule has 0 amide bonds. The fourth-order valence-electron chi connectivity index (χ4n) is 2.42. The lowest BCUT2D eigenvalue weighted by molar-refractivity contribution is 0.0314. The molecule has 1 aromatic heterocycles. The number of aromatic nitrogens is 2. The van der Waals surface area contributed by atoms with Gasteiger partial charge in [0.05, 0.1) is 12.7 Å². The average Bonchev–Trinajstić information content (AvgIpc) is 2.46. The van der Waals surface area contributed by atoms with E-state index < -0.39 is 0 Å². The molecule has 0 saturated carbocycles. The van der Waals surface area contributed by atoms with Gasteiger partial charge >= 0.3 is 0 Å². The summed E-state index contributed by atoms with van der Waals surface area (Å²) in [6, 6.07) is 10.3. The molecule has 0 aliphatic heterocycles. The van der Waals surface area contributed by atoms with Gasteiger partial charge in [0.2, 0.25) is 5.95 Å². The number of nitrogens with zero attached hydrogens (tertiary/aromatic N) is 2. The molecule has 2 N–H and O–H groups in total. The maximum atomic E-state index is 5.97. The summed E-state index contributed by atoms with van der Waals surface area (Å²) in [5.41, 5.74) is 9.05. The first-order chi connectivity index (χ1) is 9.31. The second-order valence-electron chi connectivity index (χ2n) is 4.86. The number of anilines is 1. The Bertz CT molecular complexity index is 557. The predicted molar refractivity (Wildman–Crippen MR) is 73.5 cm³/mol. The summed E-state index contributed by atoms with van der Waals surface area (Å²) in [6.45, 7) is 0.663. The van der Waals surface area contributed by atoms with Gasteiger partial charge in [-0.25, -0.2) is 9.97 Å². The minimum Gasteiger partial charge on any atom is -0.373 e. The zero-order chi connectivity index (χ0) is 13.1. The molecule has 4 nitrogen and oxygen atoms in total. The van der Waals surface area contributed by atoms with E-state index in [0.29, 0.717) is 12.6 Å². The van der Waals surface area contributed by atoms with Crippen LogP contribution in [-0.4, -0.2) is 16.1 Å². The van der Waals surface area contributed by atoms with Crippen molar-refractivity contribution >= 4 is 5.95 Å². The third-order valence-electron chi connectivity index (χ3n) is 3.45. The monoisotopic (exact) mass is 255 g/mol. The van der Waals surface area contributed by atoms with Crippen LogP contribution in [-0.2, 0) is 24.2 Å². The topological polar surface area (TPSA) is 61.0 Å². The Hall–Kier alpha value is -1.94. The molecule has 2 aromatic rings. The first-order valence-electron chi connectivity index (χ1n) is 6.57. The maximum Gasteiger partial charge on any atom is 0.220 e. The maximum absolute atomic E-state index is 5.97. The van der Waals surface area contributed by atoms with E-state index in [1.165, 1.54) is 11.1 Å². The van der Waals surface area contributed by atoms with E-state index >= 15 is 0 Å². The highest BCUT2D eigenvalue weighted by molar-refractivity contribution is 5.27. The Morgan fingerprint density at radius 2 is 2.11 bits per heavy atom. The fourth-order valence-corrected chi connectivity index (χ4v) is 2.42. The van der Waals surface area contributed by atoms with E-state index in [2.05, 4.69) is 22.1 Å². The van der Waals surface area contributed by atoms with Crippen LogP contribution in [0.4, 0.5) is 5.95 Å². The summed E-state index contributed by atoms with van der Waals surface area (Å²) in [5.74, 6) is 0.363. The third kappa shape index (κ3) is 2.90. The first-order valence-corrected chi connectivity index (χ1v) is 6.57. The van der Waals surface area contributed by atoms with Gasteiger partial charge in [-0.1, -0.05) is 30.3 Å². The zero-order valence-electron chi connectivity index (χ0n) is 10.7. The summed E-state index contributed by atoms with van der Waals surface area (Å²) in [6.07, 6.45) is 4.87. The second-order valence-corrected chi connectivity index (χ2v) is 4.86. The quantitative estimate of drug-likeness (QED) is 0.912. The molecule has 3 rings (SSSR count). The number of ether oxygens (including phenoxy) is 1. The van der Waals surface area contributed by atoms with E-state index in [0.717, 1.165) is 25.0 Å². The number of fused-ring (bicyclic) bond motifs is 1. The van der Waals surface area contributed by atoms with Crippen molar-refractivity contribution in [3.05, 3.63) is 53.3 Å². The van der Waals surface area contributed by atoms with E-state index in [1.807, 2.05) is 24.4 Å². The van der Waals surface area contributed by atoms with Crippen molar-refractivity contribution in [2.24, 2.45) is 0 Å². The van der Waals surface area contributed by atoms with Crippen molar-refractivity contribution in [1.82, 2.24) is 9.97 Å². The van der Waals surface area contributed by atoms with E-state index in [4.69, 9.17) is 10.5 Å². The molecule has 0 bridgehead atoms. The summed E-state index contributed by atoms with van der Waals surface area (Å²) in [5, 5.41) is 0. The lowest BCUT2D eigenvalue weighted by atomic mass is 9.95. The van der Waals surface area contributed by atoms with Gasteiger partial charge in [-0.2, -0.15) is 0 Å². The Balaban J connectivity index is 1.61. The third-order valence-corrected chi connectivity index (χ3v) is 3.45. The summed E-state index contributed by atoms with van der Waals surface area (Å²) >= 11 is 0. The van der Waals surface area contributed by atoms with E-state index in [9.17, 15) is 0 Å². The van der Waals surface area contributed by atoms with Crippen LogP contribution in [0.2, 0.25) is 0 Å². The summed E-state index contributed by atoms with van der Waals surface area (Å²) in [7, 11) is 0. The highest BCUT2D eigenvalue weighted by Crippen LogP contribution is 2.22. The van der Waals surface area contributed by atoms with Crippen LogP contribution in [0.3, 0.4) is 0 Å². The van der Waals surface area contributed by atoms with Crippen molar-refractivity contribution in [2.75, 3.05) is 5.73 Å². The number of hydrogen-bond acceptors (Lipinski definition) is 4. The Kier molecular flexibility index (Phi) is 3.42. The molecule has 1 aliphatic rings. The highest BCUT2D eigenvalue weighted by Gasteiger charge is 2.20. The molecule has 1 aromatic carbocycles. The summed E-state index contributed by atoms with van der Waals surface area (Å²) in [4.78, 5) is 8.33. The molecule has 0 saturated heterocycles. The van der Waals surface area contributed by atoms with Gasteiger partial charge in [-0.05, 0) is 24.0 Å². The highest BCUT2D eigenvalue weighted by atomic mass is 16.5. The molecular formula is C15H17N3O. The van der Waals surface area contributed by atoms with Crippen LogP contribution in [0.1, 0.15) is 23.2 Å². The molecule has 1 unspecified atom stereocenters. The largest absolute Gasteiger partial charge is 0.373 e. The van der Waals surface area contributed by atoms with Crippen LogP contribution in [0.5, 0.6) is 0 Å². The molecule has 0 radical (unpaired) electrons. The van der Waals surface area contributed by atoms with Crippen LogP contribution in [0, 0.1) is 0 Å². The number of nitrogen functional groups attached to an aromatic ring is 1. The van der Waals surface area contributed by atoms with Crippen molar-refractivity contribution in [3.8, 4) is 0 Å². The Morgan fingerprint density at radius 1 is 1.26 bits per heavy atom. The SMILES string of the molecule is Nc1ncc2c(n1)CCC(OCc1ccccc1)C2. The van der Waals surface area contributed by atoms with Crippen LogP contribution in [0.25, 0.3) is 0 Å². The molecule has 19 heavy (non-hydrogen) atoms. The molecule has 4 heteroatoms. The van der Waals surface area contributed by atoms with Crippen LogP contribution >= 0.6 is 0 Å². The Morgan fingerprint density at radius 3 is 2.95 bits per heavy atom. The van der Waals surface area contributed by atoms with Crippen molar-refractivity contribution in [1.29, 1.82) is 0 Å². The molecule has 1 atom stereocenters. The van der Waals surface area contributed by atoms with Crippen molar-refractivity contribution in [2.45, 2.75) is 32.0 Å². The lowest BCUT2D eigenvalue weighted by Gasteiger charge is -2.24. The van der Waals surface area contributed by atoms with Gasteiger partial charge < -0.3 is 10.5 Å². The molecular weight excluding hydrogens is 238 g/mol. The number of rotatable bonds is 3. The normalized spacial score (nSPS) is 18.0. The predicted octanol–water partition coefficient (Wildman–Crippen LogP) is 2.13. The van der Waals surface area contributed by atoms with Crippen LogP contribution in [0.15, 0.2) is 36.5 Å². The van der Waals surface area contributed by atoms with Gasteiger partial charge in [0.15, 0.2) is 0 Å². The summed E-state index contributed by atoms with van der Waals surface area (Å²) < 4.78 is 5.97. The lowest BCUT2D eigenvalue weighted by Crippen LogP contribution is -2.23. The molecule has 1 aliphatic carbocycles. The number of aryl methyl sites for hydroxylation is 1. The second kappa shape index (κ2) is 5.36. The van der Waals surface area contributed by atoms with Gasteiger partial charge in [0, 0.05) is 18.3 Å². The first kappa shape index (κ1) is 12.1. The van der Waals surface area contributed by atoms with E-state index in [1.54, 1.807) is 0 Å². The van der Waals surface area contributed by atoms with E-state index in [-0.39, 0.29) is 6.10 Å². The minimum atomic E-state index is 0.250. The average molecular weight is 255 g/mol. The standard InChI is InChI=1S/C15H17N3O/c16-15-17-9-12-8-13(6-7-14(12)18-15)19-10-11-4-2-1-3-5-11/h1-5,9,13H,6-8,10H2,(H2,16,17,18). The number of nitrogens with two attached hydrogens (primary N) is 1. The zero-order valence-corrected chi connectivity index (χ0v) is 10.7. The minimum absolute atomic E-state index is 0.250. The van der Waals surface area contributed by atoms with Gasteiger partial charge in [0.1, 0.15) is 0 Å². The number of benzene rings is 1. The van der Waals surface area contributed by atoms with Gasteiger partial charge in [0.25, 0.3) is 0 Å². The molecule has 0 spiro atoms.